The van der Waals surface area contributed by atoms with Gasteiger partial charge in [-0.05, 0) is 37.3 Å². The highest BCUT2D eigenvalue weighted by molar-refractivity contribution is 5.87. The molecule has 2 heterocycles. The van der Waals surface area contributed by atoms with Crippen molar-refractivity contribution in [1.82, 2.24) is 14.5 Å². The van der Waals surface area contributed by atoms with E-state index >= 15 is 0 Å². The predicted molar refractivity (Wildman–Crippen MR) is 84.9 cm³/mol. The Balaban J connectivity index is 1.90. The fourth-order valence-corrected chi connectivity index (χ4v) is 3.26. The lowest BCUT2D eigenvalue weighted by Crippen LogP contribution is -2.21. The Morgan fingerprint density at radius 1 is 1.43 bits per heavy atom. The van der Waals surface area contributed by atoms with Crippen LogP contribution in [0.25, 0.3) is 11.5 Å². The van der Waals surface area contributed by atoms with Crippen LogP contribution in [-0.4, -0.2) is 39.3 Å². The number of aliphatic hydroxyl groups excluding tert-OH is 1. The van der Waals surface area contributed by atoms with Crippen molar-refractivity contribution in [1.29, 1.82) is 0 Å². The quantitative estimate of drug-likeness (QED) is 0.877. The summed E-state index contributed by atoms with van der Waals surface area (Å²) in [6.45, 7) is 0.233. The Hall–Kier alpha value is -2.21. The molecule has 1 fully saturated rings. The third kappa shape index (κ3) is 3.27. The molecule has 2 atom stereocenters. The van der Waals surface area contributed by atoms with E-state index in [1.54, 1.807) is 18.3 Å². The molecule has 0 unspecified atom stereocenters. The largest absolute Gasteiger partial charge is 0.464 e. The molecule has 1 saturated carbocycles. The van der Waals surface area contributed by atoms with Crippen molar-refractivity contribution in [2.75, 3.05) is 13.7 Å². The van der Waals surface area contributed by atoms with Crippen LogP contribution in [0.1, 0.15) is 42.2 Å². The first-order valence-electron chi connectivity index (χ1n) is 7.92. The Bertz CT molecular complexity index is 683. The van der Waals surface area contributed by atoms with E-state index in [2.05, 4.69) is 14.5 Å². The van der Waals surface area contributed by atoms with E-state index in [9.17, 15) is 9.90 Å². The lowest BCUT2D eigenvalue weighted by Gasteiger charge is -2.29. The number of nitrogens with zero attached hydrogens (tertiary/aromatic N) is 3. The highest BCUT2D eigenvalue weighted by atomic mass is 16.5. The molecule has 2 aromatic rings. The summed E-state index contributed by atoms with van der Waals surface area (Å²) >= 11 is 0. The van der Waals surface area contributed by atoms with E-state index in [0.29, 0.717) is 17.7 Å². The van der Waals surface area contributed by atoms with E-state index in [1.807, 2.05) is 12.3 Å². The van der Waals surface area contributed by atoms with Crippen LogP contribution in [0.5, 0.6) is 0 Å². The number of hydrogen-bond donors (Lipinski definition) is 1. The summed E-state index contributed by atoms with van der Waals surface area (Å²) in [6, 6.07) is 5.56. The number of methoxy groups -OCH3 is 1. The number of aliphatic hydroxyl groups is 1. The smallest absolute Gasteiger partial charge is 0.356 e. The summed E-state index contributed by atoms with van der Waals surface area (Å²) in [5, 5.41) is 9.43. The molecule has 0 radical (unpaired) electrons. The monoisotopic (exact) mass is 315 g/mol. The summed E-state index contributed by atoms with van der Waals surface area (Å²) in [4.78, 5) is 20.5. The number of pyridine rings is 1. The summed E-state index contributed by atoms with van der Waals surface area (Å²) in [5.74, 6) is 0.640. The van der Waals surface area contributed by atoms with Crippen LogP contribution < -0.4 is 0 Å². The predicted octanol–water partition coefficient (Wildman–Crippen LogP) is 2.46. The van der Waals surface area contributed by atoms with Gasteiger partial charge in [-0.25, -0.2) is 14.8 Å². The van der Waals surface area contributed by atoms with Crippen molar-refractivity contribution >= 4 is 5.97 Å². The molecular formula is C17H21N3O3. The van der Waals surface area contributed by atoms with Crippen molar-refractivity contribution in [2.24, 2.45) is 5.92 Å². The summed E-state index contributed by atoms with van der Waals surface area (Å²) in [7, 11) is 1.34. The molecule has 0 amide bonds. The molecule has 122 valence electrons. The number of hydrogen-bond acceptors (Lipinski definition) is 5. The average molecular weight is 315 g/mol. The topological polar surface area (TPSA) is 77.2 Å². The lowest BCUT2D eigenvalue weighted by atomic mass is 9.86. The standard InChI is InChI=1S/C17H21N3O3/c1-23-17(22)15-7-3-6-14(19-15)16-18-8-9-20(16)13-5-2-4-12(10-13)11-21/h3,6-9,12-13,21H,2,4-5,10-11H2,1H3/t12-,13-/m1/s1. The van der Waals surface area contributed by atoms with Crippen LogP contribution >= 0.6 is 0 Å². The Labute approximate surface area is 135 Å². The van der Waals surface area contributed by atoms with Gasteiger partial charge in [-0.2, -0.15) is 0 Å². The van der Waals surface area contributed by atoms with Crippen molar-refractivity contribution in [2.45, 2.75) is 31.7 Å². The SMILES string of the molecule is COC(=O)c1cccc(-c2nccn2[C@@H]2CCC[C@@H](CO)C2)n1. The first kappa shape index (κ1) is 15.7. The van der Waals surface area contributed by atoms with E-state index < -0.39 is 5.97 Å². The zero-order chi connectivity index (χ0) is 16.2. The van der Waals surface area contributed by atoms with Crippen molar-refractivity contribution in [3.63, 3.8) is 0 Å². The van der Waals surface area contributed by atoms with Crippen molar-refractivity contribution in [3.05, 3.63) is 36.3 Å². The number of imidazole rings is 1. The van der Waals surface area contributed by atoms with Gasteiger partial charge in [-0.3, -0.25) is 0 Å². The third-order valence-corrected chi connectivity index (χ3v) is 4.45. The minimum absolute atomic E-state index is 0.233. The fourth-order valence-electron chi connectivity index (χ4n) is 3.26. The molecule has 23 heavy (non-hydrogen) atoms. The number of aromatic nitrogens is 3. The maximum absolute atomic E-state index is 11.7. The van der Waals surface area contributed by atoms with Crippen molar-refractivity contribution in [3.8, 4) is 11.5 Å². The molecule has 6 heteroatoms. The maximum atomic E-state index is 11.7. The van der Waals surface area contributed by atoms with E-state index in [0.717, 1.165) is 31.5 Å². The van der Waals surface area contributed by atoms with Crippen molar-refractivity contribution < 1.29 is 14.6 Å². The van der Waals surface area contributed by atoms with Gasteiger partial charge in [0.25, 0.3) is 0 Å². The Morgan fingerprint density at radius 3 is 3.09 bits per heavy atom. The molecule has 0 aliphatic heterocycles. The van der Waals surface area contributed by atoms with Crippen LogP contribution in [0, 0.1) is 5.92 Å². The number of carbonyl (C=O) groups is 1. The molecule has 1 aliphatic rings. The minimum Gasteiger partial charge on any atom is -0.464 e. The summed E-state index contributed by atoms with van der Waals surface area (Å²) in [5.41, 5.74) is 0.931. The van der Waals surface area contributed by atoms with Crippen LogP contribution in [0.15, 0.2) is 30.6 Å². The second-order valence-corrected chi connectivity index (χ2v) is 5.93. The Kier molecular flexibility index (Phi) is 4.71. The van der Waals surface area contributed by atoms with Crippen LogP contribution in [0.3, 0.4) is 0 Å². The molecule has 1 N–H and O–H groups in total. The highest BCUT2D eigenvalue weighted by Crippen LogP contribution is 2.34. The molecular weight excluding hydrogens is 294 g/mol. The summed E-state index contributed by atoms with van der Waals surface area (Å²) in [6.07, 6.45) is 7.89. The zero-order valence-corrected chi connectivity index (χ0v) is 13.2. The second-order valence-electron chi connectivity index (χ2n) is 5.93. The molecule has 2 aromatic heterocycles. The minimum atomic E-state index is -0.456. The number of ether oxygens (including phenoxy) is 1. The van der Waals surface area contributed by atoms with E-state index in [-0.39, 0.29) is 12.3 Å². The van der Waals surface area contributed by atoms with Gasteiger partial charge in [-0.1, -0.05) is 12.5 Å². The van der Waals surface area contributed by atoms with Crippen LogP contribution in [0.4, 0.5) is 0 Å². The van der Waals surface area contributed by atoms with Gasteiger partial charge in [0.15, 0.2) is 5.82 Å². The molecule has 0 bridgehead atoms. The number of esters is 1. The van der Waals surface area contributed by atoms with Gasteiger partial charge in [0, 0.05) is 25.0 Å². The third-order valence-electron chi connectivity index (χ3n) is 4.45. The van der Waals surface area contributed by atoms with E-state index in [1.165, 1.54) is 7.11 Å². The van der Waals surface area contributed by atoms with Gasteiger partial charge in [0.1, 0.15) is 11.4 Å². The van der Waals surface area contributed by atoms with Gasteiger partial charge in [0.05, 0.1) is 7.11 Å². The van der Waals surface area contributed by atoms with Gasteiger partial charge < -0.3 is 14.4 Å². The molecule has 0 aromatic carbocycles. The normalized spacial score (nSPS) is 21.1. The first-order valence-corrected chi connectivity index (χ1v) is 7.92. The lowest BCUT2D eigenvalue weighted by molar-refractivity contribution is 0.0594. The number of carbonyl (C=O) groups excluding carboxylic acids is 1. The molecule has 6 nitrogen and oxygen atoms in total. The van der Waals surface area contributed by atoms with Gasteiger partial charge in [-0.15, -0.1) is 0 Å². The average Bonchev–Trinajstić information content (AvgIpc) is 3.11. The fraction of sp³-hybridized carbons (Fsp3) is 0.471. The molecule has 0 spiro atoms. The molecule has 0 saturated heterocycles. The zero-order valence-electron chi connectivity index (χ0n) is 13.2. The Morgan fingerprint density at radius 2 is 2.30 bits per heavy atom. The van der Waals surface area contributed by atoms with Crippen LogP contribution in [0.2, 0.25) is 0 Å². The number of rotatable bonds is 4. The van der Waals surface area contributed by atoms with Crippen LogP contribution in [-0.2, 0) is 4.74 Å². The highest BCUT2D eigenvalue weighted by Gasteiger charge is 2.25. The van der Waals surface area contributed by atoms with E-state index in [4.69, 9.17) is 4.74 Å². The van der Waals surface area contributed by atoms with Gasteiger partial charge in [0.2, 0.25) is 0 Å². The second kappa shape index (κ2) is 6.91. The maximum Gasteiger partial charge on any atom is 0.356 e. The first-order chi connectivity index (χ1) is 11.2. The molecule has 1 aliphatic carbocycles. The summed E-state index contributed by atoms with van der Waals surface area (Å²) < 4.78 is 6.84. The van der Waals surface area contributed by atoms with Gasteiger partial charge >= 0.3 is 5.97 Å². The molecule has 3 rings (SSSR count).